The van der Waals surface area contributed by atoms with Gasteiger partial charge in [-0.1, -0.05) is 42.5 Å². The number of hydrogen-bond acceptors (Lipinski definition) is 15. The predicted molar refractivity (Wildman–Crippen MR) is 229 cm³/mol. The third-order valence-corrected chi connectivity index (χ3v) is 10.2. The lowest BCUT2D eigenvalue weighted by molar-refractivity contribution is -0.146. The van der Waals surface area contributed by atoms with Crippen LogP contribution in [-0.4, -0.2) is 125 Å². The number of nitrogens with one attached hydrogen (secondary N) is 5. The van der Waals surface area contributed by atoms with Gasteiger partial charge in [0.05, 0.1) is 26.4 Å². The van der Waals surface area contributed by atoms with Crippen molar-refractivity contribution in [2.75, 3.05) is 87.5 Å². The third kappa shape index (κ3) is 11.8. The number of rotatable bonds is 19. The van der Waals surface area contributed by atoms with E-state index in [9.17, 15) is 18.8 Å². The van der Waals surface area contributed by atoms with Crippen molar-refractivity contribution in [1.82, 2.24) is 34.7 Å². The molecule has 18 nitrogen and oxygen atoms in total. The molecule has 2 aliphatic rings. The lowest BCUT2D eigenvalue weighted by Crippen LogP contribution is -2.49. The lowest BCUT2D eigenvalue weighted by atomic mass is 10.1. The number of amides is 1. The first kappa shape index (κ1) is 43.1. The molecule has 7 rings (SSSR count). The molecule has 0 saturated carbocycles. The van der Waals surface area contributed by atoms with Crippen LogP contribution in [0.25, 0.3) is 4.85 Å². The Labute approximate surface area is 357 Å². The van der Waals surface area contributed by atoms with Crippen LogP contribution < -0.4 is 26.8 Å². The van der Waals surface area contributed by atoms with Crippen LogP contribution in [0.2, 0.25) is 0 Å². The summed E-state index contributed by atoms with van der Waals surface area (Å²) in [4.78, 5) is 66.4. The molecule has 19 heteroatoms. The van der Waals surface area contributed by atoms with Gasteiger partial charge in [0.25, 0.3) is 11.5 Å². The molecular formula is C43H47FN12O6. The standard InChI is InChI=1S/C43H47FN12O6/c1-45-32-10-6-28(7-11-32)23-36(40(59)62-21-20-61-19-18-60-2)51-43-53-41(48-26-34-24-30-8-9-31(44)25-35(30)49-34)52-42(54-43)50-33-5-3-4-29(22-33)27-55-14-16-56(17-15-55)39(58)37-38(57)47-13-12-46-37/h3-13,22,25,34,36,49H,14-21,23-24,26-27H2,2H3,(H,47,57)(H3,48,50,51,52,53,54)/t34?,36-/m0/s1. The molecular weight excluding hydrogens is 800 g/mol. The van der Waals surface area contributed by atoms with Crippen molar-refractivity contribution in [1.29, 1.82) is 0 Å². The van der Waals surface area contributed by atoms with Crippen LogP contribution in [0.4, 0.5) is 39.3 Å². The van der Waals surface area contributed by atoms with E-state index in [-0.39, 0.29) is 60.9 Å². The summed E-state index contributed by atoms with van der Waals surface area (Å²) in [5.74, 6) is -0.737. The second kappa shape index (κ2) is 21.0. The summed E-state index contributed by atoms with van der Waals surface area (Å²) >= 11 is 0. The first-order valence-electron chi connectivity index (χ1n) is 20.2. The van der Waals surface area contributed by atoms with Crippen molar-refractivity contribution < 1.29 is 28.2 Å². The van der Waals surface area contributed by atoms with Crippen LogP contribution in [0.3, 0.4) is 0 Å². The summed E-state index contributed by atoms with van der Waals surface area (Å²) in [6.07, 6.45) is 3.66. The van der Waals surface area contributed by atoms with E-state index in [0.29, 0.717) is 70.3 Å². The molecule has 5 N–H and O–H groups in total. The molecule has 1 amide bonds. The second-order valence-electron chi connectivity index (χ2n) is 14.6. The maximum atomic E-state index is 13.9. The summed E-state index contributed by atoms with van der Waals surface area (Å²) < 4.78 is 30.0. The van der Waals surface area contributed by atoms with Gasteiger partial charge in [0.2, 0.25) is 17.8 Å². The highest BCUT2D eigenvalue weighted by atomic mass is 19.1. The monoisotopic (exact) mass is 846 g/mol. The van der Waals surface area contributed by atoms with Crippen LogP contribution in [0.1, 0.15) is 27.2 Å². The van der Waals surface area contributed by atoms with E-state index >= 15 is 0 Å². The topological polar surface area (TPSA) is 205 Å². The summed E-state index contributed by atoms with van der Waals surface area (Å²) in [7, 11) is 1.57. The van der Waals surface area contributed by atoms with Gasteiger partial charge in [-0.05, 0) is 47.4 Å². The molecule has 0 aliphatic carbocycles. The molecule has 2 aromatic heterocycles. The first-order chi connectivity index (χ1) is 30.2. The Morgan fingerprint density at radius 2 is 1.74 bits per heavy atom. The number of H-pyrrole nitrogens is 1. The van der Waals surface area contributed by atoms with E-state index < -0.39 is 17.6 Å². The Hall–Kier alpha value is -7.01. The molecule has 2 atom stereocenters. The first-order valence-corrected chi connectivity index (χ1v) is 20.2. The Morgan fingerprint density at radius 1 is 0.952 bits per heavy atom. The van der Waals surface area contributed by atoms with Gasteiger partial charge in [-0.15, -0.1) is 0 Å². The molecule has 322 valence electrons. The molecule has 1 fully saturated rings. The van der Waals surface area contributed by atoms with Gasteiger partial charge in [0.1, 0.15) is 18.5 Å². The van der Waals surface area contributed by atoms with Crippen LogP contribution in [0.5, 0.6) is 0 Å². The smallest absolute Gasteiger partial charge is 0.329 e. The van der Waals surface area contributed by atoms with E-state index in [1.54, 1.807) is 42.3 Å². The molecule has 62 heavy (non-hydrogen) atoms. The zero-order valence-electron chi connectivity index (χ0n) is 34.1. The van der Waals surface area contributed by atoms with Crippen LogP contribution in [0, 0.1) is 12.4 Å². The van der Waals surface area contributed by atoms with Gasteiger partial charge in [0.15, 0.2) is 11.4 Å². The lowest BCUT2D eigenvalue weighted by Gasteiger charge is -2.34. The minimum atomic E-state index is -0.930. The van der Waals surface area contributed by atoms with Crippen molar-refractivity contribution in [3.63, 3.8) is 0 Å². The summed E-state index contributed by atoms with van der Waals surface area (Å²) in [6, 6.07) is 18.4. The number of ether oxygens (including phenoxy) is 3. The van der Waals surface area contributed by atoms with Crippen molar-refractivity contribution in [2.45, 2.75) is 31.5 Å². The zero-order chi connectivity index (χ0) is 43.3. The summed E-state index contributed by atoms with van der Waals surface area (Å²) in [5, 5.41) is 13.1. The molecule has 1 saturated heterocycles. The Morgan fingerprint density at radius 3 is 2.53 bits per heavy atom. The maximum absolute atomic E-state index is 13.9. The van der Waals surface area contributed by atoms with E-state index in [1.807, 2.05) is 24.3 Å². The van der Waals surface area contributed by atoms with Gasteiger partial charge in [-0.3, -0.25) is 14.5 Å². The van der Waals surface area contributed by atoms with Gasteiger partial charge >= 0.3 is 5.97 Å². The highest BCUT2D eigenvalue weighted by Crippen LogP contribution is 2.27. The third-order valence-electron chi connectivity index (χ3n) is 10.2. The fourth-order valence-electron chi connectivity index (χ4n) is 7.05. The minimum absolute atomic E-state index is 0.0192. The van der Waals surface area contributed by atoms with Gasteiger partial charge in [0, 0.05) is 82.6 Å². The highest BCUT2D eigenvalue weighted by Gasteiger charge is 2.26. The Kier molecular flexibility index (Phi) is 14.6. The number of benzene rings is 3. The molecule has 0 spiro atoms. The molecule has 5 aromatic rings. The maximum Gasteiger partial charge on any atom is 0.329 e. The fourth-order valence-corrected chi connectivity index (χ4v) is 7.05. The Bertz CT molecular complexity index is 2420. The number of aromatic nitrogens is 5. The summed E-state index contributed by atoms with van der Waals surface area (Å²) in [5.41, 5.74) is 4.08. The van der Waals surface area contributed by atoms with Crippen LogP contribution >= 0.6 is 0 Å². The SMILES string of the molecule is [C-]#[N+]c1ccc(C[C@H](Nc2nc(NCC3Cc4ccc(F)cc4N3)nc(Nc3cccc(CN4CCN(C(=O)c5ncc[nH]c5=O)CC4)c3)n2)C(=O)OCCOCCOC)cc1. The molecule has 0 bridgehead atoms. The number of methoxy groups -OCH3 is 1. The van der Waals surface area contributed by atoms with Crippen LogP contribution in [0.15, 0.2) is 83.9 Å². The molecule has 1 unspecified atom stereocenters. The number of aromatic amines is 1. The number of nitrogens with zero attached hydrogens (tertiary/aromatic N) is 7. The number of hydrogen-bond donors (Lipinski definition) is 5. The average Bonchev–Trinajstić information content (AvgIpc) is 3.69. The van der Waals surface area contributed by atoms with Gasteiger partial charge < -0.3 is 45.4 Å². The van der Waals surface area contributed by atoms with E-state index in [4.69, 9.17) is 20.8 Å². The quantitative estimate of drug-likeness (QED) is 0.0452. The van der Waals surface area contributed by atoms with Crippen molar-refractivity contribution in [3.05, 3.63) is 129 Å². The molecule has 3 aromatic carbocycles. The van der Waals surface area contributed by atoms with Gasteiger partial charge in [-0.25, -0.2) is 19.0 Å². The number of piperazine rings is 1. The minimum Gasteiger partial charge on any atom is -0.462 e. The summed E-state index contributed by atoms with van der Waals surface area (Å²) in [6.45, 7) is 11.4. The number of carbonyl (C=O) groups is 2. The predicted octanol–water partition coefficient (Wildman–Crippen LogP) is 4.02. The Balaban J connectivity index is 1.06. The van der Waals surface area contributed by atoms with E-state index in [1.165, 1.54) is 24.5 Å². The average molecular weight is 847 g/mol. The largest absolute Gasteiger partial charge is 0.462 e. The number of halogens is 1. The van der Waals surface area contributed by atoms with Crippen molar-refractivity contribution in [2.24, 2.45) is 0 Å². The molecule has 4 heterocycles. The van der Waals surface area contributed by atoms with E-state index in [2.05, 4.69) is 55.9 Å². The number of fused-ring (bicyclic) bond motifs is 1. The normalized spacial score (nSPS) is 15.2. The second-order valence-corrected chi connectivity index (χ2v) is 14.6. The molecule has 0 radical (unpaired) electrons. The van der Waals surface area contributed by atoms with Crippen molar-refractivity contribution in [3.8, 4) is 0 Å². The number of anilines is 5. The number of esters is 1. The van der Waals surface area contributed by atoms with Crippen molar-refractivity contribution >= 4 is 46.8 Å². The fraction of sp³-hybridized carbons (Fsp3) is 0.349. The van der Waals surface area contributed by atoms with E-state index in [0.717, 1.165) is 22.4 Å². The number of carbonyl (C=O) groups excluding carboxylic acids is 2. The molecule has 2 aliphatic heterocycles. The van der Waals surface area contributed by atoms with Crippen LogP contribution in [-0.2, 0) is 38.4 Å². The zero-order valence-corrected chi connectivity index (χ0v) is 34.1. The highest BCUT2D eigenvalue weighted by molar-refractivity contribution is 5.92. The van der Waals surface area contributed by atoms with Gasteiger partial charge in [-0.2, -0.15) is 15.0 Å².